The Morgan fingerprint density at radius 1 is 1.19 bits per heavy atom. The molecule has 0 radical (unpaired) electrons. The molecule has 0 aliphatic heterocycles. The lowest BCUT2D eigenvalue weighted by atomic mass is 10.1. The summed E-state index contributed by atoms with van der Waals surface area (Å²) in [5.74, 6) is 0.774. The van der Waals surface area contributed by atoms with E-state index in [9.17, 15) is 10.1 Å². The van der Waals surface area contributed by atoms with E-state index in [-0.39, 0.29) is 5.69 Å². The van der Waals surface area contributed by atoms with Gasteiger partial charge in [0, 0.05) is 28.8 Å². The molecule has 5 heteroatoms. The second-order valence-electron chi connectivity index (χ2n) is 5.29. The SMILES string of the molecule is O=[N+]([O-])c1ccc(NCc2ccc(C3CC3)cc2)c(Br)c1. The average Bonchev–Trinajstić information content (AvgIpc) is 3.31. The van der Waals surface area contributed by atoms with E-state index in [0.29, 0.717) is 11.0 Å². The van der Waals surface area contributed by atoms with Gasteiger partial charge in [0.05, 0.1) is 4.92 Å². The smallest absolute Gasteiger partial charge is 0.270 e. The Hall–Kier alpha value is -1.88. The van der Waals surface area contributed by atoms with Crippen LogP contribution in [0.4, 0.5) is 11.4 Å². The number of hydrogen-bond donors (Lipinski definition) is 1. The maximum absolute atomic E-state index is 10.7. The van der Waals surface area contributed by atoms with Gasteiger partial charge < -0.3 is 5.32 Å². The number of non-ortho nitro benzene ring substituents is 1. The maximum Gasteiger partial charge on any atom is 0.270 e. The minimum Gasteiger partial charge on any atom is -0.380 e. The lowest BCUT2D eigenvalue weighted by Crippen LogP contribution is -2.00. The van der Waals surface area contributed by atoms with Gasteiger partial charge in [-0.05, 0) is 51.9 Å². The summed E-state index contributed by atoms with van der Waals surface area (Å²) >= 11 is 3.36. The number of rotatable bonds is 5. The second-order valence-corrected chi connectivity index (χ2v) is 6.15. The zero-order chi connectivity index (χ0) is 14.8. The van der Waals surface area contributed by atoms with Crippen LogP contribution in [0.25, 0.3) is 0 Å². The number of anilines is 1. The lowest BCUT2D eigenvalue weighted by Gasteiger charge is -2.09. The highest BCUT2D eigenvalue weighted by atomic mass is 79.9. The molecule has 0 spiro atoms. The fourth-order valence-corrected chi connectivity index (χ4v) is 2.79. The van der Waals surface area contributed by atoms with Gasteiger partial charge in [0.1, 0.15) is 0 Å². The minimum atomic E-state index is -0.398. The molecular weight excluding hydrogens is 332 g/mol. The Labute approximate surface area is 131 Å². The van der Waals surface area contributed by atoms with Crippen LogP contribution >= 0.6 is 15.9 Å². The third kappa shape index (κ3) is 3.42. The number of halogens is 1. The number of nitrogens with one attached hydrogen (secondary N) is 1. The first-order valence-electron chi connectivity index (χ1n) is 6.90. The lowest BCUT2D eigenvalue weighted by molar-refractivity contribution is -0.384. The van der Waals surface area contributed by atoms with Crippen molar-refractivity contribution in [2.24, 2.45) is 0 Å². The van der Waals surface area contributed by atoms with Crippen LogP contribution < -0.4 is 5.32 Å². The normalized spacial score (nSPS) is 14.0. The van der Waals surface area contributed by atoms with E-state index in [1.807, 2.05) is 0 Å². The first-order valence-corrected chi connectivity index (χ1v) is 7.69. The summed E-state index contributed by atoms with van der Waals surface area (Å²) in [5, 5.41) is 14.0. The van der Waals surface area contributed by atoms with Crippen molar-refractivity contribution in [1.82, 2.24) is 0 Å². The van der Waals surface area contributed by atoms with Crippen molar-refractivity contribution >= 4 is 27.3 Å². The highest BCUT2D eigenvalue weighted by molar-refractivity contribution is 9.10. The van der Waals surface area contributed by atoms with Crippen molar-refractivity contribution in [2.75, 3.05) is 5.32 Å². The van der Waals surface area contributed by atoms with Crippen LogP contribution in [0.1, 0.15) is 29.9 Å². The molecule has 0 amide bonds. The molecule has 0 unspecified atom stereocenters. The van der Waals surface area contributed by atoms with Crippen molar-refractivity contribution in [3.8, 4) is 0 Å². The molecule has 108 valence electrons. The number of nitro groups is 1. The molecule has 1 aliphatic rings. The van der Waals surface area contributed by atoms with Gasteiger partial charge in [0.25, 0.3) is 5.69 Å². The fourth-order valence-electron chi connectivity index (χ4n) is 2.28. The molecule has 1 N–H and O–H groups in total. The van der Waals surface area contributed by atoms with Crippen molar-refractivity contribution in [1.29, 1.82) is 0 Å². The molecule has 21 heavy (non-hydrogen) atoms. The Morgan fingerprint density at radius 3 is 2.48 bits per heavy atom. The maximum atomic E-state index is 10.7. The summed E-state index contributed by atoms with van der Waals surface area (Å²) < 4.78 is 0.700. The van der Waals surface area contributed by atoms with Crippen molar-refractivity contribution in [2.45, 2.75) is 25.3 Å². The molecule has 0 saturated heterocycles. The third-order valence-corrected chi connectivity index (χ3v) is 4.33. The minimum absolute atomic E-state index is 0.0845. The van der Waals surface area contributed by atoms with Crippen molar-refractivity contribution in [3.05, 3.63) is 68.2 Å². The van der Waals surface area contributed by atoms with E-state index < -0.39 is 4.92 Å². The number of nitrogens with zero attached hydrogens (tertiary/aromatic N) is 1. The van der Waals surface area contributed by atoms with Crippen LogP contribution in [0.15, 0.2) is 46.9 Å². The molecule has 3 rings (SSSR count). The molecule has 0 heterocycles. The highest BCUT2D eigenvalue weighted by Gasteiger charge is 2.22. The summed E-state index contributed by atoms with van der Waals surface area (Å²) in [4.78, 5) is 10.3. The standard InChI is InChI=1S/C16H15BrN2O2/c17-15-9-14(19(20)21)7-8-16(15)18-10-11-1-3-12(4-2-11)13-5-6-13/h1-4,7-9,13,18H,5-6,10H2. The number of hydrogen-bond acceptors (Lipinski definition) is 3. The topological polar surface area (TPSA) is 55.2 Å². The van der Waals surface area contributed by atoms with E-state index >= 15 is 0 Å². The van der Waals surface area contributed by atoms with Crippen LogP contribution in [-0.4, -0.2) is 4.92 Å². The molecule has 1 aliphatic carbocycles. The van der Waals surface area contributed by atoms with E-state index in [1.54, 1.807) is 6.07 Å². The largest absolute Gasteiger partial charge is 0.380 e. The van der Waals surface area contributed by atoms with Gasteiger partial charge in [0.15, 0.2) is 0 Å². The Kier molecular flexibility index (Phi) is 3.92. The summed E-state index contributed by atoms with van der Waals surface area (Å²) in [7, 11) is 0. The monoisotopic (exact) mass is 346 g/mol. The first-order chi connectivity index (χ1) is 10.1. The zero-order valence-corrected chi connectivity index (χ0v) is 13.0. The molecule has 0 aromatic heterocycles. The summed E-state index contributed by atoms with van der Waals surface area (Å²) in [6, 6.07) is 13.4. The van der Waals surface area contributed by atoms with Gasteiger partial charge in [-0.2, -0.15) is 0 Å². The Bertz CT molecular complexity index is 666. The van der Waals surface area contributed by atoms with Gasteiger partial charge in [-0.15, -0.1) is 0 Å². The summed E-state index contributed by atoms with van der Waals surface area (Å²) in [6.07, 6.45) is 2.63. The average molecular weight is 347 g/mol. The Morgan fingerprint density at radius 2 is 1.90 bits per heavy atom. The van der Waals surface area contributed by atoms with Crippen LogP contribution in [0.2, 0.25) is 0 Å². The molecule has 1 saturated carbocycles. The molecule has 4 nitrogen and oxygen atoms in total. The van der Waals surface area contributed by atoms with Gasteiger partial charge >= 0.3 is 0 Å². The van der Waals surface area contributed by atoms with Gasteiger partial charge in [0.2, 0.25) is 0 Å². The zero-order valence-electron chi connectivity index (χ0n) is 11.4. The number of benzene rings is 2. The van der Waals surface area contributed by atoms with E-state index in [0.717, 1.165) is 11.6 Å². The molecule has 1 fully saturated rings. The summed E-state index contributed by atoms with van der Waals surface area (Å²) in [6.45, 7) is 0.696. The predicted octanol–water partition coefficient (Wildman–Crippen LogP) is 4.85. The quantitative estimate of drug-likeness (QED) is 0.622. The predicted molar refractivity (Wildman–Crippen MR) is 86.5 cm³/mol. The van der Waals surface area contributed by atoms with Crippen molar-refractivity contribution < 1.29 is 4.92 Å². The van der Waals surface area contributed by atoms with Crippen LogP contribution in [0.5, 0.6) is 0 Å². The van der Waals surface area contributed by atoms with Crippen LogP contribution in [-0.2, 0) is 6.54 Å². The third-order valence-electron chi connectivity index (χ3n) is 3.67. The molecule has 0 atom stereocenters. The highest BCUT2D eigenvalue weighted by Crippen LogP contribution is 2.39. The molecule has 0 bridgehead atoms. The van der Waals surface area contributed by atoms with Crippen LogP contribution in [0.3, 0.4) is 0 Å². The molecule has 2 aromatic carbocycles. The van der Waals surface area contributed by atoms with Gasteiger partial charge in [-0.25, -0.2) is 0 Å². The van der Waals surface area contributed by atoms with E-state index in [4.69, 9.17) is 0 Å². The summed E-state index contributed by atoms with van der Waals surface area (Å²) in [5.41, 5.74) is 3.56. The molecular formula is C16H15BrN2O2. The van der Waals surface area contributed by atoms with Crippen molar-refractivity contribution in [3.63, 3.8) is 0 Å². The first kappa shape index (κ1) is 14.1. The van der Waals surface area contributed by atoms with E-state index in [2.05, 4.69) is 45.5 Å². The Balaban J connectivity index is 1.65. The number of nitro benzene ring substituents is 1. The fraction of sp³-hybridized carbons (Fsp3) is 0.250. The van der Waals surface area contributed by atoms with Crippen LogP contribution in [0, 0.1) is 10.1 Å². The second kappa shape index (κ2) is 5.85. The van der Waals surface area contributed by atoms with Gasteiger partial charge in [-0.1, -0.05) is 24.3 Å². The van der Waals surface area contributed by atoms with E-state index in [1.165, 1.54) is 36.1 Å². The molecule has 2 aromatic rings. The van der Waals surface area contributed by atoms with Gasteiger partial charge in [-0.3, -0.25) is 10.1 Å².